The predicted octanol–water partition coefficient (Wildman–Crippen LogP) is 1.50. The van der Waals surface area contributed by atoms with Gasteiger partial charge in [0.25, 0.3) is 5.91 Å². The summed E-state index contributed by atoms with van der Waals surface area (Å²) in [5.41, 5.74) is 0.548. The van der Waals surface area contributed by atoms with Crippen LogP contribution in [0.2, 0.25) is 0 Å². The summed E-state index contributed by atoms with van der Waals surface area (Å²) in [5.74, 6) is -0.730. The van der Waals surface area contributed by atoms with Gasteiger partial charge in [0.15, 0.2) is 18.1 Å². The maximum Gasteiger partial charge on any atom is 0.279 e. The number of rotatable bonds is 7. The van der Waals surface area contributed by atoms with Crippen molar-refractivity contribution in [1.29, 1.82) is 0 Å². The lowest BCUT2D eigenvalue weighted by Crippen LogP contribution is -3.10. The first-order valence-corrected chi connectivity index (χ1v) is 7.28. The molecule has 0 saturated heterocycles. The molecule has 1 amide bonds. The highest BCUT2D eigenvalue weighted by Gasteiger charge is 2.11. The molecule has 0 aromatic heterocycles. The molecule has 6 heteroatoms. The van der Waals surface area contributed by atoms with Crippen LogP contribution in [0.3, 0.4) is 0 Å². The van der Waals surface area contributed by atoms with Gasteiger partial charge in [-0.2, -0.15) is 0 Å². The summed E-state index contributed by atoms with van der Waals surface area (Å²) in [6.45, 7) is 1.08. The highest BCUT2D eigenvalue weighted by atomic mass is 19.1. The van der Waals surface area contributed by atoms with Gasteiger partial charge < -0.3 is 15.0 Å². The third-order valence-corrected chi connectivity index (χ3v) is 3.21. The zero-order chi connectivity index (χ0) is 16.7. The standard InChI is InChI=1S/C17H18F2N2O2/c1-21(10-11-23-16-5-3-2-4-15(16)19)12-17(22)20-14-8-6-13(18)7-9-14/h2-9H,10-12H2,1H3,(H,20,22)/p+1. The molecule has 4 nitrogen and oxygen atoms in total. The van der Waals surface area contributed by atoms with E-state index in [2.05, 4.69) is 5.32 Å². The maximum atomic E-state index is 13.4. The molecule has 0 spiro atoms. The molecule has 1 atom stereocenters. The number of hydrogen-bond donors (Lipinski definition) is 2. The summed E-state index contributed by atoms with van der Waals surface area (Å²) in [4.78, 5) is 12.8. The summed E-state index contributed by atoms with van der Waals surface area (Å²) in [6, 6.07) is 11.8. The highest BCUT2D eigenvalue weighted by molar-refractivity contribution is 5.91. The Kier molecular flexibility index (Phi) is 6.05. The lowest BCUT2D eigenvalue weighted by molar-refractivity contribution is -0.871. The molecule has 23 heavy (non-hydrogen) atoms. The van der Waals surface area contributed by atoms with Gasteiger partial charge in [0.05, 0.1) is 7.05 Å². The van der Waals surface area contributed by atoms with Crippen LogP contribution < -0.4 is 15.0 Å². The number of carbonyl (C=O) groups excluding carboxylic acids is 1. The van der Waals surface area contributed by atoms with Gasteiger partial charge in [-0.05, 0) is 36.4 Å². The molecule has 0 saturated carbocycles. The molecule has 2 N–H and O–H groups in total. The Bertz CT molecular complexity index is 647. The van der Waals surface area contributed by atoms with Gasteiger partial charge in [-0.15, -0.1) is 0 Å². The second kappa shape index (κ2) is 8.24. The van der Waals surface area contributed by atoms with Crippen molar-refractivity contribution in [2.75, 3.05) is 32.1 Å². The molecule has 0 aliphatic carbocycles. The minimum absolute atomic E-state index is 0.181. The monoisotopic (exact) mass is 321 g/mol. The number of quaternary nitrogens is 1. The van der Waals surface area contributed by atoms with Crippen molar-refractivity contribution in [1.82, 2.24) is 0 Å². The number of nitrogens with one attached hydrogen (secondary N) is 2. The van der Waals surface area contributed by atoms with Crippen LogP contribution in [-0.4, -0.2) is 32.7 Å². The number of carbonyl (C=O) groups is 1. The Labute approximate surface area is 133 Å². The molecule has 2 aromatic carbocycles. The van der Waals surface area contributed by atoms with Crippen LogP contribution in [0.15, 0.2) is 48.5 Å². The number of benzene rings is 2. The van der Waals surface area contributed by atoms with E-state index in [9.17, 15) is 13.6 Å². The molecule has 2 rings (SSSR count). The van der Waals surface area contributed by atoms with Crippen LogP contribution in [0.4, 0.5) is 14.5 Å². The fourth-order valence-corrected chi connectivity index (χ4v) is 2.00. The van der Waals surface area contributed by atoms with Crippen molar-refractivity contribution in [3.05, 3.63) is 60.2 Å². The smallest absolute Gasteiger partial charge is 0.279 e. The molecular weight excluding hydrogens is 302 g/mol. The number of amides is 1. The second-order valence-corrected chi connectivity index (χ2v) is 5.22. The van der Waals surface area contributed by atoms with E-state index in [-0.39, 0.29) is 24.0 Å². The predicted molar refractivity (Wildman–Crippen MR) is 83.5 cm³/mol. The van der Waals surface area contributed by atoms with Gasteiger partial charge in [-0.25, -0.2) is 8.78 Å². The summed E-state index contributed by atoms with van der Waals surface area (Å²) < 4.78 is 31.5. The first-order valence-electron chi connectivity index (χ1n) is 7.28. The highest BCUT2D eigenvalue weighted by Crippen LogP contribution is 2.14. The third-order valence-electron chi connectivity index (χ3n) is 3.21. The van der Waals surface area contributed by atoms with Crippen LogP contribution in [0.25, 0.3) is 0 Å². The van der Waals surface area contributed by atoms with Crippen molar-refractivity contribution >= 4 is 11.6 Å². The SMILES string of the molecule is C[NH+](CCOc1ccccc1F)CC(=O)Nc1ccc(F)cc1. The largest absolute Gasteiger partial charge is 0.485 e. The lowest BCUT2D eigenvalue weighted by atomic mass is 10.3. The van der Waals surface area contributed by atoms with Crippen LogP contribution in [-0.2, 0) is 4.79 Å². The van der Waals surface area contributed by atoms with Crippen LogP contribution in [0, 0.1) is 11.6 Å². The van der Waals surface area contributed by atoms with E-state index in [0.717, 1.165) is 4.90 Å². The summed E-state index contributed by atoms with van der Waals surface area (Å²) in [7, 11) is 1.84. The topological polar surface area (TPSA) is 42.8 Å². The molecule has 0 fully saturated rings. The van der Waals surface area contributed by atoms with Crippen molar-refractivity contribution in [2.45, 2.75) is 0 Å². The molecule has 0 bridgehead atoms. The normalized spacial score (nSPS) is 11.8. The van der Waals surface area contributed by atoms with E-state index in [0.29, 0.717) is 18.8 Å². The van der Waals surface area contributed by atoms with E-state index < -0.39 is 5.82 Å². The Morgan fingerprint density at radius 1 is 1.13 bits per heavy atom. The fraction of sp³-hybridized carbons (Fsp3) is 0.235. The van der Waals surface area contributed by atoms with Gasteiger partial charge in [-0.1, -0.05) is 12.1 Å². The van der Waals surface area contributed by atoms with Crippen LogP contribution in [0.1, 0.15) is 0 Å². The molecule has 1 unspecified atom stereocenters. The van der Waals surface area contributed by atoms with E-state index >= 15 is 0 Å². The summed E-state index contributed by atoms with van der Waals surface area (Å²) in [5, 5.41) is 2.69. The molecule has 2 aromatic rings. The minimum atomic E-state index is -0.404. The average molecular weight is 321 g/mol. The Hall–Kier alpha value is -2.47. The molecule has 0 heterocycles. The van der Waals surface area contributed by atoms with Crippen molar-refractivity contribution in [3.8, 4) is 5.75 Å². The Balaban J connectivity index is 1.71. The van der Waals surface area contributed by atoms with E-state index in [4.69, 9.17) is 4.74 Å². The number of anilines is 1. The minimum Gasteiger partial charge on any atom is -0.485 e. The van der Waals surface area contributed by atoms with Gasteiger partial charge in [0.2, 0.25) is 0 Å². The zero-order valence-corrected chi connectivity index (χ0v) is 12.8. The first-order chi connectivity index (χ1) is 11.0. The molecular formula is C17H19F2N2O2+. The first kappa shape index (κ1) is 16.9. The number of halogens is 2. The second-order valence-electron chi connectivity index (χ2n) is 5.22. The molecule has 0 aliphatic rings. The van der Waals surface area contributed by atoms with E-state index in [1.807, 2.05) is 7.05 Å². The van der Waals surface area contributed by atoms with Crippen molar-refractivity contribution in [2.24, 2.45) is 0 Å². The quantitative estimate of drug-likeness (QED) is 0.811. The van der Waals surface area contributed by atoms with Gasteiger partial charge in [0.1, 0.15) is 19.0 Å². The van der Waals surface area contributed by atoms with Gasteiger partial charge in [-0.3, -0.25) is 4.79 Å². The number of likely N-dealkylation sites (N-methyl/N-ethyl adjacent to an activating group) is 1. The average Bonchev–Trinajstić information content (AvgIpc) is 2.51. The third kappa shape index (κ3) is 5.67. The van der Waals surface area contributed by atoms with Gasteiger partial charge >= 0.3 is 0 Å². The number of para-hydroxylation sites is 1. The zero-order valence-electron chi connectivity index (χ0n) is 12.8. The fourth-order valence-electron chi connectivity index (χ4n) is 2.00. The maximum absolute atomic E-state index is 13.4. The van der Waals surface area contributed by atoms with E-state index in [1.54, 1.807) is 18.2 Å². The lowest BCUT2D eigenvalue weighted by Gasteiger charge is -2.14. The van der Waals surface area contributed by atoms with E-state index in [1.165, 1.54) is 30.3 Å². The molecule has 0 radical (unpaired) electrons. The Morgan fingerprint density at radius 3 is 2.52 bits per heavy atom. The van der Waals surface area contributed by atoms with Gasteiger partial charge in [0, 0.05) is 5.69 Å². The molecule has 0 aliphatic heterocycles. The summed E-state index contributed by atoms with van der Waals surface area (Å²) >= 11 is 0. The number of hydrogen-bond acceptors (Lipinski definition) is 2. The number of ether oxygens (including phenoxy) is 1. The van der Waals surface area contributed by atoms with Crippen molar-refractivity contribution in [3.63, 3.8) is 0 Å². The van der Waals surface area contributed by atoms with Crippen LogP contribution in [0.5, 0.6) is 5.75 Å². The summed E-state index contributed by atoms with van der Waals surface area (Å²) in [6.07, 6.45) is 0. The van der Waals surface area contributed by atoms with Crippen LogP contribution >= 0.6 is 0 Å². The van der Waals surface area contributed by atoms with Crippen molar-refractivity contribution < 1.29 is 23.2 Å². The Morgan fingerprint density at radius 2 is 1.83 bits per heavy atom. The molecule has 122 valence electrons.